The van der Waals surface area contributed by atoms with Gasteiger partial charge in [-0.1, -0.05) is 60.9 Å². The van der Waals surface area contributed by atoms with E-state index in [4.69, 9.17) is 20.9 Å². The second kappa shape index (κ2) is 9.48. The van der Waals surface area contributed by atoms with Crippen molar-refractivity contribution in [2.45, 2.75) is 26.5 Å². The maximum atomic E-state index is 12.3. The number of halogens is 1. The average molecular weight is 400 g/mol. The lowest BCUT2D eigenvalue weighted by Gasteiger charge is -2.18. The molecular formula is C21H22ClN3O3. The molecule has 0 radical (unpaired) electrons. The standard InChI is InChI=1S/C21H22ClN3O3/c1-14(2)19(23-18(26)13-27-12-15-6-4-3-5-7-15)21-24-20(25-28-21)16-8-10-17(22)11-9-16/h3-11,14,19H,12-13H2,1-2H3,(H,23,26)/t19-/m1/s1. The van der Waals surface area contributed by atoms with Gasteiger partial charge in [0, 0.05) is 10.6 Å². The molecular weight excluding hydrogens is 378 g/mol. The first-order valence-corrected chi connectivity index (χ1v) is 9.41. The van der Waals surface area contributed by atoms with Gasteiger partial charge in [0.2, 0.25) is 17.6 Å². The van der Waals surface area contributed by atoms with Crippen LogP contribution in [0.15, 0.2) is 59.1 Å². The Labute approximate surface area is 168 Å². The summed E-state index contributed by atoms with van der Waals surface area (Å²) in [5.41, 5.74) is 1.81. The third-order valence-electron chi connectivity index (χ3n) is 4.14. The van der Waals surface area contributed by atoms with Gasteiger partial charge in [0.1, 0.15) is 12.6 Å². The second-order valence-electron chi connectivity index (χ2n) is 6.73. The van der Waals surface area contributed by atoms with E-state index in [2.05, 4.69) is 15.5 Å². The van der Waals surface area contributed by atoms with E-state index in [1.54, 1.807) is 12.1 Å². The molecule has 0 unspecified atom stereocenters. The lowest BCUT2D eigenvalue weighted by Crippen LogP contribution is -2.34. The first-order chi connectivity index (χ1) is 13.5. The summed E-state index contributed by atoms with van der Waals surface area (Å²) in [6.45, 7) is 4.28. The number of amides is 1. The molecule has 28 heavy (non-hydrogen) atoms. The molecule has 1 amide bonds. The van der Waals surface area contributed by atoms with Crippen molar-refractivity contribution in [3.05, 3.63) is 71.1 Å². The van der Waals surface area contributed by atoms with Crippen molar-refractivity contribution in [3.8, 4) is 11.4 Å². The molecule has 0 saturated heterocycles. The lowest BCUT2D eigenvalue weighted by atomic mass is 10.0. The summed E-state index contributed by atoms with van der Waals surface area (Å²) in [6, 6.07) is 16.5. The van der Waals surface area contributed by atoms with Crippen molar-refractivity contribution in [3.63, 3.8) is 0 Å². The maximum Gasteiger partial charge on any atom is 0.249 e. The van der Waals surface area contributed by atoms with Crippen molar-refractivity contribution >= 4 is 17.5 Å². The molecule has 2 aromatic carbocycles. The molecule has 0 aliphatic rings. The zero-order chi connectivity index (χ0) is 19.9. The highest BCUT2D eigenvalue weighted by Gasteiger charge is 2.25. The predicted molar refractivity (Wildman–Crippen MR) is 107 cm³/mol. The summed E-state index contributed by atoms with van der Waals surface area (Å²) in [7, 11) is 0. The van der Waals surface area contributed by atoms with Gasteiger partial charge in [-0.15, -0.1) is 0 Å². The second-order valence-corrected chi connectivity index (χ2v) is 7.17. The zero-order valence-corrected chi connectivity index (χ0v) is 16.5. The fourth-order valence-corrected chi connectivity index (χ4v) is 2.77. The van der Waals surface area contributed by atoms with Crippen molar-refractivity contribution in [1.82, 2.24) is 15.5 Å². The van der Waals surface area contributed by atoms with E-state index >= 15 is 0 Å². The number of carbonyl (C=O) groups is 1. The zero-order valence-electron chi connectivity index (χ0n) is 15.8. The highest BCUT2D eigenvalue weighted by atomic mass is 35.5. The van der Waals surface area contributed by atoms with E-state index in [1.807, 2.05) is 56.3 Å². The summed E-state index contributed by atoms with van der Waals surface area (Å²) in [5.74, 6) is 0.640. The number of hydrogen-bond acceptors (Lipinski definition) is 5. The van der Waals surface area contributed by atoms with Gasteiger partial charge >= 0.3 is 0 Å². The Morgan fingerprint density at radius 2 is 1.86 bits per heavy atom. The number of nitrogens with zero attached hydrogens (tertiary/aromatic N) is 2. The van der Waals surface area contributed by atoms with Crippen LogP contribution in [0.2, 0.25) is 5.02 Å². The molecule has 6 nitrogen and oxygen atoms in total. The summed E-state index contributed by atoms with van der Waals surface area (Å²) >= 11 is 5.91. The monoisotopic (exact) mass is 399 g/mol. The Morgan fingerprint density at radius 3 is 2.54 bits per heavy atom. The van der Waals surface area contributed by atoms with Crippen LogP contribution >= 0.6 is 11.6 Å². The minimum atomic E-state index is -0.402. The van der Waals surface area contributed by atoms with Crippen LogP contribution < -0.4 is 5.32 Å². The molecule has 0 spiro atoms. The van der Waals surface area contributed by atoms with E-state index in [-0.39, 0.29) is 18.4 Å². The fraction of sp³-hybridized carbons (Fsp3) is 0.286. The molecule has 146 valence electrons. The minimum absolute atomic E-state index is 0.0453. The van der Waals surface area contributed by atoms with Crippen LogP contribution in [0.4, 0.5) is 0 Å². The largest absolute Gasteiger partial charge is 0.367 e. The van der Waals surface area contributed by atoms with E-state index in [0.717, 1.165) is 11.1 Å². The topological polar surface area (TPSA) is 77.2 Å². The third-order valence-corrected chi connectivity index (χ3v) is 4.39. The quantitative estimate of drug-likeness (QED) is 0.606. The molecule has 0 saturated carbocycles. The van der Waals surface area contributed by atoms with Crippen molar-refractivity contribution < 1.29 is 14.1 Å². The SMILES string of the molecule is CC(C)[C@@H](NC(=O)COCc1ccccc1)c1nc(-c2ccc(Cl)cc2)no1. The van der Waals surface area contributed by atoms with Crippen LogP contribution in [0.25, 0.3) is 11.4 Å². The summed E-state index contributed by atoms with van der Waals surface area (Å²) in [5, 5.41) is 7.56. The Balaban J connectivity index is 1.60. The Kier molecular flexibility index (Phi) is 6.79. The predicted octanol–water partition coefficient (Wildman–Crippen LogP) is 4.42. The number of benzene rings is 2. The van der Waals surface area contributed by atoms with Gasteiger partial charge in [-0.2, -0.15) is 4.98 Å². The van der Waals surface area contributed by atoms with Crippen molar-refractivity contribution in [1.29, 1.82) is 0 Å². The molecule has 0 bridgehead atoms. The molecule has 1 N–H and O–H groups in total. The van der Waals surface area contributed by atoms with Crippen LogP contribution in [0.5, 0.6) is 0 Å². The first kappa shape index (κ1) is 20.0. The van der Waals surface area contributed by atoms with Crippen LogP contribution in [0.3, 0.4) is 0 Å². The number of hydrogen-bond donors (Lipinski definition) is 1. The summed E-state index contributed by atoms with van der Waals surface area (Å²) < 4.78 is 10.9. The van der Waals surface area contributed by atoms with E-state index in [1.165, 1.54) is 0 Å². The molecule has 1 aromatic heterocycles. The van der Waals surface area contributed by atoms with Gasteiger partial charge in [0.25, 0.3) is 0 Å². The van der Waals surface area contributed by atoms with Gasteiger partial charge < -0.3 is 14.6 Å². The van der Waals surface area contributed by atoms with Crippen LogP contribution in [-0.4, -0.2) is 22.7 Å². The molecule has 3 rings (SSSR count). The number of rotatable bonds is 8. The number of aromatic nitrogens is 2. The van der Waals surface area contributed by atoms with Crippen LogP contribution in [0.1, 0.15) is 31.3 Å². The minimum Gasteiger partial charge on any atom is -0.367 e. The molecule has 0 fully saturated rings. The van der Waals surface area contributed by atoms with Gasteiger partial charge in [-0.25, -0.2) is 0 Å². The normalized spacial score (nSPS) is 12.1. The molecule has 7 heteroatoms. The maximum absolute atomic E-state index is 12.3. The molecule has 1 heterocycles. The highest BCUT2D eigenvalue weighted by Crippen LogP contribution is 2.24. The Hall–Kier alpha value is -2.70. The van der Waals surface area contributed by atoms with Gasteiger partial charge in [-0.05, 0) is 35.7 Å². The van der Waals surface area contributed by atoms with E-state index in [0.29, 0.717) is 23.3 Å². The van der Waals surface area contributed by atoms with Crippen LogP contribution in [0, 0.1) is 5.92 Å². The van der Waals surface area contributed by atoms with E-state index < -0.39 is 6.04 Å². The fourth-order valence-electron chi connectivity index (χ4n) is 2.64. The van der Waals surface area contributed by atoms with Gasteiger partial charge in [0.15, 0.2) is 0 Å². The molecule has 3 aromatic rings. The third kappa shape index (κ3) is 5.41. The lowest BCUT2D eigenvalue weighted by molar-refractivity contribution is -0.127. The number of ether oxygens (including phenoxy) is 1. The molecule has 0 aliphatic carbocycles. The first-order valence-electron chi connectivity index (χ1n) is 9.03. The highest BCUT2D eigenvalue weighted by molar-refractivity contribution is 6.30. The molecule has 0 aliphatic heterocycles. The van der Waals surface area contributed by atoms with Crippen LogP contribution in [-0.2, 0) is 16.1 Å². The summed E-state index contributed by atoms with van der Waals surface area (Å²) in [6.07, 6.45) is 0. The Morgan fingerprint density at radius 1 is 1.14 bits per heavy atom. The average Bonchev–Trinajstić information content (AvgIpc) is 3.17. The number of nitrogens with one attached hydrogen (secondary N) is 1. The van der Waals surface area contributed by atoms with E-state index in [9.17, 15) is 4.79 Å². The smallest absolute Gasteiger partial charge is 0.249 e. The Bertz CT molecular complexity index is 895. The number of carbonyl (C=O) groups excluding carboxylic acids is 1. The van der Waals surface area contributed by atoms with Crippen molar-refractivity contribution in [2.24, 2.45) is 5.92 Å². The van der Waals surface area contributed by atoms with Gasteiger partial charge in [-0.3, -0.25) is 4.79 Å². The molecule has 1 atom stereocenters. The summed E-state index contributed by atoms with van der Waals surface area (Å²) in [4.78, 5) is 16.7. The van der Waals surface area contributed by atoms with Crippen molar-refractivity contribution in [2.75, 3.05) is 6.61 Å². The van der Waals surface area contributed by atoms with Gasteiger partial charge in [0.05, 0.1) is 6.61 Å².